The van der Waals surface area contributed by atoms with Crippen LogP contribution in [0.4, 0.5) is 0 Å². The molecule has 0 spiro atoms. The van der Waals surface area contributed by atoms with Crippen LogP contribution in [0.5, 0.6) is 0 Å². The van der Waals surface area contributed by atoms with Crippen LogP contribution in [0.2, 0.25) is 5.02 Å². The van der Waals surface area contributed by atoms with Crippen molar-refractivity contribution < 1.29 is 0 Å². The molecule has 0 atom stereocenters. The maximum atomic E-state index is 11.6. The number of benzene rings is 1. The summed E-state index contributed by atoms with van der Waals surface area (Å²) in [4.78, 5) is 19.0. The smallest absolute Gasteiger partial charge is 0.274 e. The molecule has 6 heteroatoms. The largest absolute Gasteiger partial charge is 0.322 e. The van der Waals surface area contributed by atoms with Crippen LogP contribution >= 0.6 is 11.6 Å². The molecule has 0 fully saturated rings. The highest BCUT2D eigenvalue weighted by molar-refractivity contribution is 6.31. The van der Waals surface area contributed by atoms with Crippen molar-refractivity contribution in [1.29, 1.82) is 0 Å². The first-order valence-corrected chi connectivity index (χ1v) is 5.45. The summed E-state index contributed by atoms with van der Waals surface area (Å²) in [6.45, 7) is 1.82. The van der Waals surface area contributed by atoms with Gasteiger partial charge < -0.3 is 4.98 Å². The van der Waals surface area contributed by atoms with E-state index in [4.69, 9.17) is 11.6 Å². The van der Waals surface area contributed by atoms with Crippen molar-refractivity contribution in [2.24, 2.45) is 0 Å². The molecular weight excluding hydrogens is 240 g/mol. The predicted molar refractivity (Wildman–Crippen MR) is 65.8 cm³/mol. The predicted octanol–water partition coefficient (Wildman–Crippen LogP) is 2.00. The molecule has 17 heavy (non-hydrogen) atoms. The number of hydrogen-bond acceptors (Lipinski definition) is 2. The average Bonchev–Trinajstić information content (AvgIpc) is 2.80. The number of aryl methyl sites for hydroxylation is 1. The number of H-pyrrole nitrogens is 2. The molecule has 3 rings (SSSR count). The minimum Gasteiger partial charge on any atom is -0.322 e. The summed E-state index contributed by atoms with van der Waals surface area (Å²) in [6.07, 6.45) is 0. The molecule has 2 N–H and O–H groups in total. The Morgan fingerprint density at radius 1 is 1.35 bits per heavy atom. The first-order valence-electron chi connectivity index (χ1n) is 5.08. The Morgan fingerprint density at radius 3 is 2.88 bits per heavy atom. The van der Waals surface area contributed by atoms with Gasteiger partial charge >= 0.3 is 0 Å². The average molecular weight is 249 g/mol. The molecule has 0 unspecified atom stereocenters. The summed E-state index contributed by atoms with van der Waals surface area (Å²) in [5, 5.41) is 3.54. The first-order chi connectivity index (χ1) is 8.13. The number of nitrogens with one attached hydrogen (secondary N) is 2. The molecule has 0 aliphatic heterocycles. The minimum atomic E-state index is -0.146. The maximum absolute atomic E-state index is 11.6. The van der Waals surface area contributed by atoms with Gasteiger partial charge in [0.05, 0.1) is 11.0 Å². The van der Waals surface area contributed by atoms with Gasteiger partial charge in [-0.25, -0.2) is 4.98 Å². The Hall–Kier alpha value is -2.01. The quantitative estimate of drug-likeness (QED) is 0.692. The van der Waals surface area contributed by atoms with Crippen LogP contribution in [0.3, 0.4) is 0 Å². The number of fused-ring (bicyclic) bond motifs is 1. The van der Waals surface area contributed by atoms with Gasteiger partial charge in [-0.1, -0.05) is 11.6 Å². The fourth-order valence-corrected chi connectivity index (χ4v) is 1.92. The number of nitrogens with zero attached hydrogens (tertiary/aromatic N) is 2. The SMILES string of the molecule is Cc1cc(=O)n(-c2nc3ccc(Cl)cc3[nH]2)[nH]1. The van der Waals surface area contributed by atoms with Crippen LogP contribution in [0, 0.1) is 6.92 Å². The van der Waals surface area contributed by atoms with Crippen LogP contribution < -0.4 is 5.56 Å². The molecule has 3 aromatic rings. The molecule has 0 radical (unpaired) electrons. The van der Waals surface area contributed by atoms with Gasteiger partial charge in [0.15, 0.2) is 0 Å². The van der Waals surface area contributed by atoms with E-state index in [1.165, 1.54) is 10.7 Å². The molecule has 2 aromatic heterocycles. The van der Waals surface area contributed by atoms with E-state index in [0.29, 0.717) is 11.0 Å². The Balaban J connectivity index is 2.25. The Morgan fingerprint density at radius 2 is 2.18 bits per heavy atom. The lowest BCUT2D eigenvalue weighted by molar-refractivity contribution is 0.791. The number of aromatic amines is 2. The van der Waals surface area contributed by atoms with Crippen LogP contribution in [0.1, 0.15) is 5.69 Å². The first kappa shape index (κ1) is 10.2. The van der Waals surface area contributed by atoms with Gasteiger partial charge in [0.2, 0.25) is 5.95 Å². The van der Waals surface area contributed by atoms with Crippen LogP contribution in [0.25, 0.3) is 17.0 Å². The number of halogens is 1. The normalized spacial score (nSPS) is 11.2. The second kappa shape index (κ2) is 3.49. The van der Waals surface area contributed by atoms with Crippen LogP contribution in [-0.2, 0) is 0 Å². The van der Waals surface area contributed by atoms with E-state index in [9.17, 15) is 4.79 Å². The summed E-state index contributed by atoms with van der Waals surface area (Å²) >= 11 is 5.89. The van der Waals surface area contributed by atoms with E-state index < -0.39 is 0 Å². The minimum absolute atomic E-state index is 0.146. The topological polar surface area (TPSA) is 66.5 Å². The summed E-state index contributed by atoms with van der Waals surface area (Å²) in [5.41, 5.74) is 2.20. The molecule has 0 aliphatic rings. The zero-order chi connectivity index (χ0) is 12.0. The third-order valence-corrected chi connectivity index (χ3v) is 2.73. The van der Waals surface area contributed by atoms with Crippen LogP contribution in [-0.4, -0.2) is 19.7 Å². The van der Waals surface area contributed by atoms with Crippen molar-refractivity contribution in [3.63, 3.8) is 0 Å². The van der Waals surface area contributed by atoms with Crippen molar-refractivity contribution in [2.45, 2.75) is 6.92 Å². The van der Waals surface area contributed by atoms with Gasteiger partial charge in [-0.2, -0.15) is 4.68 Å². The van der Waals surface area contributed by atoms with Gasteiger partial charge in [0.25, 0.3) is 5.56 Å². The fourth-order valence-electron chi connectivity index (χ4n) is 1.75. The summed E-state index contributed by atoms with van der Waals surface area (Å²) in [6, 6.07) is 6.85. The number of hydrogen-bond donors (Lipinski definition) is 2. The van der Waals surface area contributed by atoms with E-state index in [2.05, 4.69) is 15.1 Å². The van der Waals surface area contributed by atoms with Crippen molar-refractivity contribution in [3.05, 3.63) is 45.3 Å². The molecule has 0 saturated carbocycles. The van der Waals surface area contributed by atoms with E-state index >= 15 is 0 Å². The molecule has 0 bridgehead atoms. The molecule has 86 valence electrons. The van der Waals surface area contributed by atoms with E-state index in [1.807, 2.05) is 6.92 Å². The van der Waals surface area contributed by atoms with Crippen molar-refractivity contribution >= 4 is 22.6 Å². The number of aromatic nitrogens is 4. The third kappa shape index (κ3) is 1.64. The maximum Gasteiger partial charge on any atom is 0.274 e. The highest BCUT2D eigenvalue weighted by atomic mass is 35.5. The van der Waals surface area contributed by atoms with Crippen molar-refractivity contribution in [1.82, 2.24) is 19.7 Å². The van der Waals surface area contributed by atoms with Gasteiger partial charge in [0, 0.05) is 16.8 Å². The Kier molecular flexibility index (Phi) is 2.09. The summed E-state index contributed by atoms with van der Waals surface area (Å²) < 4.78 is 1.36. The van der Waals surface area contributed by atoms with Crippen molar-refractivity contribution in [3.8, 4) is 5.95 Å². The summed E-state index contributed by atoms with van der Waals surface area (Å²) in [5.74, 6) is 0.459. The monoisotopic (exact) mass is 248 g/mol. The summed E-state index contributed by atoms with van der Waals surface area (Å²) in [7, 11) is 0. The highest BCUT2D eigenvalue weighted by Gasteiger charge is 2.08. The molecule has 0 saturated heterocycles. The molecule has 0 aliphatic carbocycles. The van der Waals surface area contributed by atoms with Gasteiger partial charge in [-0.05, 0) is 25.1 Å². The fraction of sp³-hybridized carbons (Fsp3) is 0.0909. The zero-order valence-corrected chi connectivity index (χ0v) is 9.75. The van der Waals surface area contributed by atoms with E-state index in [-0.39, 0.29) is 5.56 Å². The molecule has 1 aromatic carbocycles. The van der Waals surface area contributed by atoms with Gasteiger partial charge in [0.1, 0.15) is 0 Å². The zero-order valence-electron chi connectivity index (χ0n) is 8.99. The molecule has 5 nitrogen and oxygen atoms in total. The highest BCUT2D eigenvalue weighted by Crippen LogP contribution is 2.17. The Labute approximate surface area is 101 Å². The van der Waals surface area contributed by atoms with E-state index in [1.54, 1.807) is 18.2 Å². The lowest BCUT2D eigenvalue weighted by atomic mass is 10.3. The standard InChI is InChI=1S/C11H9ClN4O/c1-6-4-10(17)16(15-6)11-13-8-3-2-7(12)5-9(8)14-11/h2-5,15H,1H3,(H,13,14). The second-order valence-corrected chi connectivity index (χ2v) is 4.27. The van der Waals surface area contributed by atoms with E-state index in [0.717, 1.165) is 16.7 Å². The molecule has 0 amide bonds. The van der Waals surface area contributed by atoms with Gasteiger partial charge in [-0.3, -0.25) is 9.89 Å². The molecular formula is C11H9ClN4O. The Bertz CT molecular complexity index is 752. The molecule has 2 heterocycles. The van der Waals surface area contributed by atoms with Gasteiger partial charge in [-0.15, -0.1) is 0 Å². The lowest BCUT2D eigenvalue weighted by Gasteiger charge is -1.93. The van der Waals surface area contributed by atoms with Crippen molar-refractivity contribution in [2.75, 3.05) is 0 Å². The number of imidazole rings is 1. The second-order valence-electron chi connectivity index (χ2n) is 3.83. The third-order valence-electron chi connectivity index (χ3n) is 2.49. The number of rotatable bonds is 1. The van der Waals surface area contributed by atoms with Crippen LogP contribution in [0.15, 0.2) is 29.1 Å². The lowest BCUT2D eigenvalue weighted by Crippen LogP contribution is -2.14.